The molecule has 0 aliphatic heterocycles. The Morgan fingerprint density at radius 1 is 1.31 bits per heavy atom. The second-order valence-electron chi connectivity index (χ2n) is 4.94. The highest BCUT2D eigenvalue weighted by molar-refractivity contribution is 7.89. The molecule has 2 N–H and O–H groups in total. The van der Waals surface area contributed by atoms with Gasteiger partial charge in [0.15, 0.2) is 0 Å². The summed E-state index contributed by atoms with van der Waals surface area (Å²) in [6.07, 6.45) is 4.24. The van der Waals surface area contributed by atoms with E-state index in [1.54, 1.807) is 0 Å². The molecule has 3 nitrogen and oxygen atoms in total. The van der Waals surface area contributed by atoms with E-state index in [9.17, 15) is 8.42 Å². The lowest BCUT2D eigenvalue weighted by Gasteiger charge is -2.33. The lowest BCUT2D eigenvalue weighted by Crippen LogP contribution is -2.28. The van der Waals surface area contributed by atoms with Crippen molar-refractivity contribution >= 4 is 10.0 Å². The molecule has 0 unspecified atom stereocenters. The van der Waals surface area contributed by atoms with Crippen molar-refractivity contribution in [2.75, 3.05) is 5.75 Å². The first kappa shape index (κ1) is 11.0. The van der Waals surface area contributed by atoms with Crippen molar-refractivity contribution in [1.29, 1.82) is 0 Å². The van der Waals surface area contributed by atoms with Crippen molar-refractivity contribution < 1.29 is 8.42 Å². The summed E-state index contributed by atoms with van der Waals surface area (Å²) in [5.41, 5.74) is 0.398. The van der Waals surface area contributed by atoms with Crippen LogP contribution in [-0.2, 0) is 10.0 Å². The summed E-state index contributed by atoms with van der Waals surface area (Å²) >= 11 is 0. The zero-order chi connectivity index (χ0) is 10.1. The van der Waals surface area contributed by atoms with Gasteiger partial charge in [-0.25, -0.2) is 13.6 Å². The molecule has 0 aromatic rings. The van der Waals surface area contributed by atoms with Crippen LogP contribution in [0.15, 0.2) is 0 Å². The zero-order valence-corrected chi connectivity index (χ0v) is 9.23. The first-order valence-electron chi connectivity index (χ1n) is 4.79. The molecule has 1 aliphatic rings. The van der Waals surface area contributed by atoms with Gasteiger partial charge in [0.1, 0.15) is 0 Å². The summed E-state index contributed by atoms with van der Waals surface area (Å²) in [5, 5.41) is 5.01. The minimum absolute atomic E-state index is 0.170. The van der Waals surface area contributed by atoms with Crippen molar-refractivity contribution in [3.8, 4) is 0 Å². The lowest BCUT2D eigenvalue weighted by molar-refractivity contribution is 0.202. The molecule has 78 valence electrons. The average Bonchev–Trinajstić information content (AvgIpc) is 1.91. The summed E-state index contributed by atoms with van der Waals surface area (Å²) in [7, 11) is -3.26. The highest BCUT2D eigenvalue weighted by Crippen LogP contribution is 2.38. The molecule has 0 saturated heterocycles. The number of rotatable bonds is 2. The van der Waals surface area contributed by atoms with Gasteiger partial charge in [0.05, 0.1) is 5.75 Å². The topological polar surface area (TPSA) is 60.2 Å². The fourth-order valence-electron chi connectivity index (χ4n) is 1.95. The van der Waals surface area contributed by atoms with Crippen LogP contribution in [0.25, 0.3) is 0 Å². The van der Waals surface area contributed by atoms with Gasteiger partial charge < -0.3 is 0 Å². The fraction of sp³-hybridized carbons (Fsp3) is 1.00. The minimum atomic E-state index is -3.26. The Labute approximate surface area is 80.8 Å². The molecule has 0 radical (unpaired) electrons. The number of hydrogen-bond acceptors (Lipinski definition) is 2. The van der Waals surface area contributed by atoms with Crippen LogP contribution in [0, 0.1) is 11.3 Å². The Balaban J connectivity index is 2.43. The third-order valence-electron chi connectivity index (χ3n) is 2.93. The molecule has 0 heterocycles. The van der Waals surface area contributed by atoms with E-state index in [0.29, 0.717) is 11.3 Å². The van der Waals surface area contributed by atoms with E-state index in [2.05, 4.69) is 13.8 Å². The molecule has 1 fully saturated rings. The van der Waals surface area contributed by atoms with E-state index in [-0.39, 0.29) is 5.75 Å². The molecule has 0 aromatic heterocycles. The van der Waals surface area contributed by atoms with E-state index < -0.39 is 10.0 Å². The minimum Gasteiger partial charge on any atom is -0.229 e. The highest BCUT2D eigenvalue weighted by Gasteiger charge is 2.28. The van der Waals surface area contributed by atoms with Crippen LogP contribution in [0.1, 0.15) is 39.5 Å². The Morgan fingerprint density at radius 2 is 1.77 bits per heavy atom. The second-order valence-corrected chi connectivity index (χ2v) is 6.60. The summed E-state index contributed by atoms with van der Waals surface area (Å²) in [6, 6.07) is 0. The van der Waals surface area contributed by atoms with Crippen molar-refractivity contribution in [2.24, 2.45) is 16.5 Å². The van der Waals surface area contributed by atoms with E-state index in [1.807, 2.05) is 0 Å². The first-order chi connectivity index (χ1) is 5.79. The van der Waals surface area contributed by atoms with Gasteiger partial charge in [-0.2, -0.15) is 0 Å². The summed E-state index contributed by atoms with van der Waals surface area (Å²) < 4.78 is 21.7. The molecule has 0 amide bonds. The Kier molecular flexibility index (Phi) is 3.02. The maximum Gasteiger partial charge on any atom is 0.209 e. The largest absolute Gasteiger partial charge is 0.229 e. The van der Waals surface area contributed by atoms with E-state index in [0.717, 1.165) is 25.7 Å². The van der Waals surface area contributed by atoms with Gasteiger partial charge in [-0.3, -0.25) is 0 Å². The first-order valence-corrected chi connectivity index (χ1v) is 6.50. The molecule has 0 atom stereocenters. The van der Waals surface area contributed by atoms with Gasteiger partial charge in [-0.1, -0.05) is 13.8 Å². The zero-order valence-electron chi connectivity index (χ0n) is 8.41. The van der Waals surface area contributed by atoms with Crippen molar-refractivity contribution in [3.63, 3.8) is 0 Å². The maximum absolute atomic E-state index is 10.8. The smallest absolute Gasteiger partial charge is 0.209 e. The van der Waals surface area contributed by atoms with Gasteiger partial charge in [0, 0.05) is 0 Å². The molecular weight excluding hydrogens is 186 g/mol. The number of primary sulfonamides is 1. The number of hydrogen-bond donors (Lipinski definition) is 1. The Morgan fingerprint density at radius 3 is 2.15 bits per heavy atom. The normalized spacial score (nSPS) is 24.5. The standard InChI is InChI=1S/C9H19NO2S/c1-9(2)5-3-8(4-6-9)7-13(10,11)12/h8H,3-7H2,1-2H3,(H2,10,11,12). The Bertz CT molecular complexity index is 259. The predicted octanol–water partition coefficient (Wildman–Crippen LogP) is 1.49. The molecule has 1 aliphatic carbocycles. The molecule has 0 aromatic carbocycles. The van der Waals surface area contributed by atoms with Crippen molar-refractivity contribution in [1.82, 2.24) is 0 Å². The highest BCUT2D eigenvalue weighted by atomic mass is 32.2. The van der Waals surface area contributed by atoms with Gasteiger partial charge in [0.2, 0.25) is 10.0 Å². The van der Waals surface area contributed by atoms with Crippen LogP contribution in [0.2, 0.25) is 0 Å². The van der Waals surface area contributed by atoms with E-state index >= 15 is 0 Å². The van der Waals surface area contributed by atoms with E-state index in [1.165, 1.54) is 0 Å². The van der Waals surface area contributed by atoms with Gasteiger partial charge in [-0.05, 0) is 37.0 Å². The predicted molar refractivity (Wildman–Crippen MR) is 53.7 cm³/mol. The average molecular weight is 205 g/mol. The fourth-order valence-corrected chi connectivity index (χ4v) is 2.94. The number of nitrogens with two attached hydrogens (primary N) is 1. The van der Waals surface area contributed by atoms with E-state index in [4.69, 9.17) is 5.14 Å². The molecule has 1 rings (SSSR count). The monoisotopic (exact) mass is 205 g/mol. The molecule has 13 heavy (non-hydrogen) atoms. The maximum atomic E-state index is 10.8. The van der Waals surface area contributed by atoms with Crippen LogP contribution >= 0.6 is 0 Å². The molecule has 1 saturated carbocycles. The molecule has 4 heteroatoms. The molecule has 0 bridgehead atoms. The lowest BCUT2D eigenvalue weighted by atomic mass is 9.74. The van der Waals surface area contributed by atoms with Crippen LogP contribution < -0.4 is 5.14 Å². The molecular formula is C9H19NO2S. The van der Waals surface area contributed by atoms with Crippen LogP contribution in [0.5, 0.6) is 0 Å². The third kappa shape index (κ3) is 4.09. The van der Waals surface area contributed by atoms with Crippen LogP contribution in [-0.4, -0.2) is 14.2 Å². The van der Waals surface area contributed by atoms with Crippen molar-refractivity contribution in [2.45, 2.75) is 39.5 Å². The summed E-state index contributed by atoms with van der Waals surface area (Å²) in [4.78, 5) is 0. The van der Waals surface area contributed by atoms with Crippen LogP contribution in [0.4, 0.5) is 0 Å². The second kappa shape index (κ2) is 3.58. The van der Waals surface area contributed by atoms with Gasteiger partial charge >= 0.3 is 0 Å². The van der Waals surface area contributed by atoms with Crippen LogP contribution in [0.3, 0.4) is 0 Å². The van der Waals surface area contributed by atoms with Gasteiger partial charge in [0.25, 0.3) is 0 Å². The number of sulfonamides is 1. The third-order valence-corrected chi connectivity index (χ3v) is 3.86. The Hall–Kier alpha value is -0.0900. The summed E-state index contributed by atoms with van der Waals surface area (Å²) in [5.74, 6) is 0.464. The quantitative estimate of drug-likeness (QED) is 0.742. The SMILES string of the molecule is CC1(C)CCC(CS(N)(=O)=O)CC1. The molecule has 0 spiro atoms. The van der Waals surface area contributed by atoms with Crippen molar-refractivity contribution in [3.05, 3.63) is 0 Å². The summed E-state index contributed by atoms with van der Waals surface area (Å²) in [6.45, 7) is 4.47. The van der Waals surface area contributed by atoms with Gasteiger partial charge in [-0.15, -0.1) is 0 Å².